The lowest BCUT2D eigenvalue weighted by atomic mass is 9.95. The summed E-state index contributed by atoms with van der Waals surface area (Å²) in [6.45, 7) is 0. The fraction of sp³-hybridized carbons (Fsp3) is 0.600. The predicted octanol–water partition coefficient (Wildman–Crippen LogP) is 2.75. The summed E-state index contributed by atoms with van der Waals surface area (Å²) in [6, 6.07) is 0.267. The van der Waals surface area contributed by atoms with Crippen LogP contribution in [0.2, 0.25) is 0 Å². The Morgan fingerprint density at radius 1 is 1.47 bits per heavy atom. The molecule has 1 saturated carbocycles. The summed E-state index contributed by atoms with van der Waals surface area (Å²) in [7, 11) is 0. The summed E-state index contributed by atoms with van der Waals surface area (Å²) in [5, 5.41) is 9.02. The van der Waals surface area contributed by atoms with Crippen molar-refractivity contribution in [2.75, 3.05) is 0 Å². The second-order valence-electron chi connectivity index (χ2n) is 3.95. The van der Waals surface area contributed by atoms with Crippen molar-refractivity contribution in [3.8, 4) is 0 Å². The lowest BCUT2D eigenvalue weighted by Gasteiger charge is -2.23. The van der Waals surface area contributed by atoms with Crippen molar-refractivity contribution in [3.05, 3.63) is 16.7 Å². The van der Waals surface area contributed by atoms with E-state index in [-0.39, 0.29) is 11.7 Å². The fourth-order valence-corrected chi connectivity index (χ4v) is 2.55. The number of carbonyl (C=O) groups is 1. The number of hydrogen-bond acceptors (Lipinski definition) is 2. The third-order valence-electron chi connectivity index (χ3n) is 2.97. The molecule has 1 heterocycles. The van der Waals surface area contributed by atoms with Gasteiger partial charge in [-0.15, -0.1) is 0 Å². The van der Waals surface area contributed by atoms with Crippen LogP contribution < -0.4 is 0 Å². The molecule has 15 heavy (non-hydrogen) atoms. The summed E-state index contributed by atoms with van der Waals surface area (Å²) in [5.41, 5.74) is 0.284. The third kappa shape index (κ3) is 1.97. The minimum atomic E-state index is -0.909. The Labute approximate surface area is 92.9 Å². The molecule has 0 atom stereocenters. The number of nitrogens with zero attached hydrogens (tertiary/aromatic N) is 1. The average molecular weight is 226 g/mol. The summed E-state index contributed by atoms with van der Waals surface area (Å²) in [6.07, 6.45) is 7.13. The van der Waals surface area contributed by atoms with Crippen LogP contribution >= 0.6 is 12.2 Å². The molecular weight excluding hydrogens is 212 g/mol. The van der Waals surface area contributed by atoms with Crippen molar-refractivity contribution >= 4 is 18.2 Å². The molecule has 0 saturated heterocycles. The van der Waals surface area contributed by atoms with E-state index in [1.54, 1.807) is 4.57 Å². The van der Waals surface area contributed by atoms with Gasteiger partial charge in [-0.3, -0.25) is 0 Å². The number of rotatable bonds is 2. The Kier molecular flexibility index (Phi) is 2.90. The van der Waals surface area contributed by atoms with Crippen molar-refractivity contribution in [1.82, 2.24) is 9.55 Å². The van der Waals surface area contributed by atoms with Gasteiger partial charge in [0.1, 0.15) is 5.69 Å². The highest BCUT2D eigenvalue weighted by Crippen LogP contribution is 2.29. The maximum atomic E-state index is 11.0. The van der Waals surface area contributed by atoms with Crippen LogP contribution in [0.1, 0.15) is 48.6 Å². The minimum Gasteiger partial charge on any atom is -0.477 e. The highest BCUT2D eigenvalue weighted by atomic mass is 32.1. The van der Waals surface area contributed by atoms with E-state index in [0.717, 1.165) is 25.7 Å². The Morgan fingerprint density at radius 3 is 2.73 bits per heavy atom. The molecule has 1 aliphatic rings. The van der Waals surface area contributed by atoms with Crippen LogP contribution in [0.3, 0.4) is 0 Å². The number of aromatic nitrogens is 2. The number of carboxylic acids is 1. The first-order chi connectivity index (χ1) is 7.20. The molecule has 0 aromatic carbocycles. The van der Waals surface area contributed by atoms with Gasteiger partial charge in [0, 0.05) is 12.2 Å². The van der Waals surface area contributed by atoms with E-state index in [1.165, 1.54) is 12.6 Å². The molecule has 1 aromatic heterocycles. The van der Waals surface area contributed by atoms with Gasteiger partial charge in [0.05, 0.1) is 0 Å². The van der Waals surface area contributed by atoms with Crippen molar-refractivity contribution in [3.63, 3.8) is 0 Å². The van der Waals surface area contributed by atoms with E-state index in [9.17, 15) is 4.79 Å². The van der Waals surface area contributed by atoms with Crippen LogP contribution in [-0.4, -0.2) is 20.6 Å². The maximum absolute atomic E-state index is 11.0. The Balaban J connectivity index is 2.36. The Morgan fingerprint density at radius 2 is 2.13 bits per heavy atom. The van der Waals surface area contributed by atoms with Gasteiger partial charge < -0.3 is 14.7 Å². The van der Waals surface area contributed by atoms with E-state index in [2.05, 4.69) is 4.98 Å². The number of aromatic amines is 1. The van der Waals surface area contributed by atoms with Gasteiger partial charge in [-0.1, -0.05) is 19.3 Å². The summed E-state index contributed by atoms with van der Waals surface area (Å²) in [4.78, 5) is 13.8. The molecule has 2 N–H and O–H groups in total. The number of aromatic carboxylic acids is 1. The molecule has 4 nitrogen and oxygen atoms in total. The van der Waals surface area contributed by atoms with Gasteiger partial charge in [0.25, 0.3) is 0 Å². The number of nitrogens with one attached hydrogen (secondary N) is 1. The monoisotopic (exact) mass is 226 g/mol. The SMILES string of the molecule is O=C(O)c1c[nH]c(=S)n1C1CCCCC1. The maximum Gasteiger partial charge on any atom is 0.354 e. The van der Waals surface area contributed by atoms with Gasteiger partial charge in [0.2, 0.25) is 0 Å². The van der Waals surface area contributed by atoms with Gasteiger partial charge in [-0.2, -0.15) is 0 Å². The highest BCUT2D eigenvalue weighted by Gasteiger charge is 2.21. The van der Waals surface area contributed by atoms with Crippen molar-refractivity contribution in [1.29, 1.82) is 0 Å². The molecule has 1 aliphatic carbocycles. The van der Waals surface area contributed by atoms with Crippen LogP contribution in [0.4, 0.5) is 0 Å². The van der Waals surface area contributed by atoms with Crippen molar-refractivity contribution in [2.24, 2.45) is 0 Å². The summed E-state index contributed by atoms with van der Waals surface area (Å²) in [5.74, 6) is -0.909. The quantitative estimate of drug-likeness (QED) is 0.762. The molecule has 5 heteroatoms. The van der Waals surface area contributed by atoms with E-state index < -0.39 is 5.97 Å². The normalized spacial score (nSPS) is 17.9. The van der Waals surface area contributed by atoms with Gasteiger partial charge in [0.15, 0.2) is 4.77 Å². The third-order valence-corrected chi connectivity index (χ3v) is 3.28. The number of imidazole rings is 1. The molecule has 2 rings (SSSR count). The lowest BCUT2D eigenvalue weighted by Crippen LogP contribution is -2.17. The summed E-state index contributed by atoms with van der Waals surface area (Å²) >= 11 is 5.12. The highest BCUT2D eigenvalue weighted by molar-refractivity contribution is 7.71. The molecule has 0 radical (unpaired) electrons. The van der Waals surface area contributed by atoms with Crippen molar-refractivity contribution < 1.29 is 9.90 Å². The molecule has 0 aliphatic heterocycles. The Hall–Kier alpha value is -1.10. The van der Waals surface area contributed by atoms with Crippen LogP contribution in [0.15, 0.2) is 6.20 Å². The molecule has 0 bridgehead atoms. The van der Waals surface area contributed by atoms with E-state index in [1.807, 2.05) is 0 Å². The smallest absolute Gasteiger partial charge is 0.354 e. The number of hydrogen-bond donors (Lipinski definition) is 2. The van der Waals surface area contributed by atoms with E-state index >= 15 is 0 Å². The first kappa shape index (κ1) is 10.4. The van der Waals surface area contributed by atoms with Crippen LogP contribution in [0.5, 0.6) is 0 Å². The zero-order valence-electron chi connectivity index (χ0n) is 8.40. The van der Waals surface area contributed by atoms with Crippen LogP contribution in [-0.2, 0) is 0 Å². The zero-order valence-corrected chi connectivity index (χ0v) is 9.22. The second-order valence-corrected chi connectivity index (χ2v) is 4.33. The molecule has 1 aromatic rings. The second kappa shape index (κ2) is 4.18. The van der Waals surface area contributed by atoms with Crippen LogP contribution in [0, 0.1) is 4.77 Å². The van der Waals surface area contributed by atoms with Gasteiger partial charge in [-0.05, 0) is 25.1 Å². The van der Waals surface area contributed by atoms with E-state index in [4.69, 9.17) is 17.3 Å². The van der Waals surface area contributed by atoms with E-state index in [0.29, 0.717) is 4.77 Å². The van der Waals surface area contributed by atoms with Gasteiger partial charge in [-0.25, -0.2) is 4.79 Å². The van der Waals surface area contributed by atoms with Gasteiger partial charge >= 0.3 is 5.97 Å². The molecule has 1 fully saturated rings. The molecule has 0 spiro atoms. The largest absolute Gasteiger partial charge is 0.477 e. The topological polar surface area (TPSA) is 58.0 Å². The lowest BCUT2D eigenvalue weighted by molar-refractivity contribution is 0.0680. The Bertz CT molecular complexity index is 415. The predicted molar refractivity (Wildman–Crippen MR) is 58.7 cm³/mol. The van der Waals surface area contributed by atoms with Crippen LogP contribution in [0.25, 0.3) is 0 Å². The zero-order chi connectivity index (χ0) is 10.8. The van der Waals surface area contributed by atoms with Crippen molar-refractivity contribution in [2.45, 2.75) is 38.1 Å². The minimum absolute atomic E-state index is 0.267. The molecule has 0 amide bonds. The number of H-pyrrole nitrogens is 1. The first-order valence-electron chi connectivity index (χ1n) is 5.23. The average Bonchev–Trinajstić information content (AvgIpc) is 2.61. The first-order valence-corrected chi connectivity index (χ1v) is 5.64. The number of carboxylic acid groups (broad SMARTS) is 1. The molecular formula is C10H14N2O2S. The summed E-state index contributed by atoms with van der Waals surface area (Å²) < 4.78 is 2.29. The standard InChI is InChI=1S/C10H14N2O2S/c13-9(14)8-6-11-10(15)12(8)7-4-2-1-3-5-7/h6-7H,1-5H2,(H,11,15)(H,13,14). The fourth-order valence-electron chi connectivity index (χ4n) is 2.25. The molecule has 82 valence electrons. The molecule has 0 unspecified atom stereocenters.